The molecule has 6 heavy (non-hydrogen) atoms. The zero-order valence-corrected chi connectivity index (χ0v) is 3.55. The third-order valence-electron chi connectivity index (χ3n) is 0.215. The average Bonchev–Trinajstić information content (AvgIpc) is 1.35. The molecule has 3 nitrogen and oxygen atoms in total. The van der Waals surface area contributed by atoms with Crippen LogP contribution in [0.4, 0.5) is 0 Å². The molecule has 32 valence electrons. The lowest BCUT2D eigenvalue weighted by Crippen LogP contribution is -1.50. The highest BCUT2D eigenvalue weighted by Gasteiger charge is 1.64. The van der Waals surface area contributed by atoms with E-state index >= 15 is 0 Å². The summed E-state index contributed by atoms with van der Waals surface area (Å²) in [6.45, 7) is 4.96. The fourth-order valence-electron chi connectivity index (χ4n) is 0.0763. The lowest BCUT2D eigenvalue weighted by atomic mass is 10.6. The molecule has 0 rings (SSSR count). The normalized spacial score (nSPS) is 6.17. The number of rotatable bonds is 1. The predicted octanol–water partition coefficient (Wildman–Crippen LogP) is 1.83. The van der Waals surface area contributed by atoms with E-state index in [1.54, 1.807) is 6.92 Å². The molecule has 0 aromatic carbocycles. The van der Waals surface area contributed by atoms with Crippen molar-refractivity contribution in [2.24, 2.45) is 5.11 Å². The van der Waals surface area contributed by atoms with Gasteiger partial charge in [-0.05, 0) is 12.5 Å². The zero-order valence-electron chi connectivity index (χ0n) is 3.55. The summed E-state index contributed by atoms with van der Waals surface area (Å²) in [4.78, 5) is 2.46. The van der Waals surface area contributed by atoms with Crippen molar-refractivity contribution < 1.29 is 0 Å². The molecule has 0 aliphatic heterocycles. The first-order valence-corrected chi connectivity index (χ1v) is 1.48. The summed E-state index contributed by atoms with van der Waals surface area (Å²) in [6.07, 6.45) is 0. The highest BCUT2D eigenvalue weighted by atomic mass is 15.1. The Morgan fingerprint density at radius 1 is 2.00 bits per heavy atom. The van der Waals surface area contributed by atoms with Gasteiger partial charge < -0.3 is 0 Å². The molecule has 0 heterocycles. The second-order valence-electron chi connectivity index (χ2n) is 0.925. The first kappa shape index (κ1) is 5.05. The predicted molar refractivity (Wildman–Crippen MR) is 24.0 cm³/mol. The van der Waals surface area contributed by atoms with Crippen LogP contribution in [0.25, 0.3) is 10.4 Å². The molecule has 0 saturated heterocycles. The van der Waals surface area contributed by atoms with Gasteiger partial charge in [-0.1, -0.05) is 11.7 Å². The molecule has 0 N–H and O–H groups in total. The third kappa shape index (κ3) is 3.05. The molecule has 0 aromatic rings. The van der Waals surface area contributed by atoms with Crippen LogP contribution in [0.15, 0.2) is 17.4 Å². The lowest BCUT2D eigenvalue weighted by Gasteiger charge is -1.69. The Labute approximate surface area is 35.9 Å². The Balaban J connectivity index is 3.60. The number of hydrogen-bond acceptors (Lipinski definition) is 1. The van der Waals surface area contributed by atoms with Crippen LogP contribution in [0.5, 0.6) is 0 Å². The monoisotopic (exact) mass is 83.0 g/mol. The third-order valence-corrected chi connectivity index (χ3v) is 0.215. The summed E-state index contributed by atoms with van der Waals surface area (Å²) >= 11 is 0. The Morgan fingerprint density at radius 3 is 2.50 bits per heavy atom. The minimum Gasteiger partial charge on any atom is -0.0939 e. The maximum absolute atomic E-state index is 7.63. The maximum atomic E-state index is 7.63. The van der Waals surface area contributed by atoms with Crippen molar-refractivity contribution in [2.75, 3.05) is 0 Å². The highest BCUT2D eigenvalue weighted by Crippen LogP contribution is 1.84. The van der Waals surface area contributed by atoms with Gasteiger partial charge in [0.2, 0.25) is 0 Å². The topological polar surface area (TPSA) is 48.8 Å². The van der Waals surface area contributed by atoms with Gasteiger partial charge in [-0.2, -0.15) is 0 Å². The molecule has 0 atom stereocenters. The standard InChI is InChI=1S/C3H5N3/c1-3(2)5-6-4/h1H2,2H3. The van der Waals surface area contributed by atoms with Crippen molar-refractivity contribution in [1.82, 2.24) is 0 Å². The first-order valence-electron chi connectivity index (χ1n) is 1.48. The summed E-state index contributed by atoms with van der Waals surface area (Å²) in [5.41, 5.74) is 8.13. The summed E-state index contributed by atoms with van der Waals surface area (Å²) in [6, 6.07) is 0. The smallest absolute Gasteiger partial charge is 0.00499 e. The Kier molecular flexibility index (Phi) is 1.93. The van der Waals surface area contributed by atoms with Gasteiger partial charge in [-0.15, -0.1) is 0 Å². The Morgan fingerprint density at radius 2 is 2.50 bits per heavy atom. The van der Waals surface area contributed by atoms with Gasteiger partial charge in [0.1, 0.15) is 0 Å². The molecule has 3 heteroatoms. The molecule has 0 spiro atoms. The lowest BCUT2D eigenvalue weighted by molar-refractivity contribution is 1.30. The van der Waals surface area contributed by atoms with E-state index < -0.39 is 0 Å². The van der Waals surface area contributed by atoms with E-state index in [0.29, 0.717) is 5.70 Å². The molecule has 0 saturated carbocycles. The van der Waals surface area contributed by atoms with Gasteiger partial charge in [-0.25, -0.2) is 0 Å². The number of hydrogen-bond donors (Lipinski definition) is 0. The van der Waals surface area contributed by atoms with Gasteiger partial charge in [0.25, 0.3) is 0 Å². The van der Waals surface area contributed by atoms with Crippen molar-refractivity contribution in [3.8, 4) is 0 Å². The fourth-order valence-corrected chi connectivity index (χ4v) is 0.0763. The number of nitrogens with zero attached hydrogens (tertiary/aromatic N) is 3. The van der Waals surface area contributed by atoms with E-state index in [1.807, 2.05) is 0 Å². The minimum absolute atomic E-state index is 0.498. The quantitative estimate of drug-likeness (QED) is 0.264. The molecule has 0 radical (unpaired) electrons. The van der Waals surface area contributed by atoms with Crippen LogP contribution >= 0.6 is 0 Å². The molecular weight excluding hydrogens is 78.1 g/mol. The van der Waals surface area contributed by atoms with Crippen LogP contribution in [0.3, 0.4) is 0 Å². The molecule has 0 aliphatic carbocycles. The van der Waals surface area contributed by atoms with E-state index in [-0.39, 0.29) is 0 Å². The van der Waals surface area contributed by atoms with Gasteiger partial charge in [-0.3, -0.25) is 0 Å². The van der Waals surface area contributed by atoms with Crippen LogP contribution in [0.1, 0.15) is 6.92 Å². The van der Waals surface area contributed by atoms with E-state index in [1.165, 1.54) is 0 Å². The van der Waals surface area contributed by atoms with Crippen molar-refractivity contribution in [1.29, 1.82) is 0 Å². The molecule has 0 amide bonds. The maximum Gasteiger partial charge on any atom is 0.00499 e. The van der Waals surface area contributed by atoms with Crippen LogP contribution in [-0.4, -0.2) is 0 Å². The second kappa shape index (κ2) is 2.30. The van der Waals surface area contributed by atoms with Gasteiger partial charge in [0, 0.05) is 10.6 Å². The van der Waals surface area contributed by atoms with Gasteiger partial charge in [0.15, 0.2) is 0 Å². The minimum atomic E-state index is 0.498. The second-order valence-corrected chi connectivity index (χ2v) is 0.925. The first-order chi connectivity index (χ1) is 2.77. The van der Waals surface area contributed by atoms with Crippen LogP contribution < -0.4 is 0 Å². The summed E-state index contributed by atoms with van der Waals surface area (Å²) in [5.74, 6) is 0. The van der Waals surface area contributed by atoms with Crippen molar-refractivity contribution in [2.45, 2.75) is 6.92 Å². The molecule has 0 aliphatic rings. The zero-order chi connectivity index (χ0) is 4.99. The Bertz CT molecular complexity index is 98.6. The van der Waals surface area contributed by atoms with Crippen molar-refractivity contribution in [3.63, 3.8) is 0 Å². The van der Waals surface area contributed by atoms with Crippen molar-refractivity contribution >= 4 is 0 Å². The van der Waals surface area contributed by atoms with E-state index in [2.05, 4.69) is 16.6 Å². The van der Waals surface area contributed by atoms with E-state index in [4.69, 9.17) is 5.53 Å². The summed E-state index contributed by atoms with van der Waals surface area (Å²) in [5, 5.41) is 3.11. The van der Waals surface area contributed by atoms with Crippen LogP contribution in [0, 0.1) is 0 Å². The van der Waals surface area contributed by atoms with E-state index in [0.717, 1.165) is 0 Å². The van der Waals surface area contributed by atoms with E-state index in [9.17, 15) is 0 Å². The Hall–Kier alpha value is -0.950. The SMILES string of the molecule is C=C(C)N=[N+]=[N-]. The summed E-state index contributed by atoms with van der Waals surface area (Å²) in [7, 11) is 0. The van der Waals surface area contributed by atoms with Crippen LogP contribution in [-0.2, 0) is 0 Å². The van der Waals surface area contributed by atoms with Gasteiger partial charge >= 0.3 is 0 Å². The van der Waals surface area contributed by atoms with Crippen LogP contribution in [0.2, 0.25) is 0 Å². The average molecular weight is 83.1 g/mol. The summed E-state index contributed by atoms with van der Waals surface area (Å²) < 4.78 is 0. The molecule has 0 aromatic heterocycles. The molecule has 0 unspecified atom stereocenters. The molecule has 0 bridgehead atoms. The number of azide groups is 1. The molecular formula is C3H5N3. The van der Waals surface area contributed by atoms with Crippen molar-refractivity contribution in [3.05, 3.63) is 22.7 Å². The highest BCUT2D eigenvalue weighted by molar-refractivity contribution is 4.83. The van der Waals surface area contributed by atoms with Gasteiger partial charge in [0.05, 0.1) is 0 Å². The molecule has 0 fully saturated rings. The largest absolute Gasteiger partial charge is 0.0939 e. The fraction of sp³-hybridized carbons (Fsp3) is 0.333. The number of allylic oxidation sites excluding steroid dienone is 1.